The van der Waals surface area contributed by atoms with E-state index in [-0.39, 0.29) is 5.41 Å². The van der Waals surface area contributed by atoms with Gasteiger partial charge in [-0.1, -0.05) is 20.8 Å². The van der Waals surface area contributed by atoms with E-state index in [2.05, 4.69) is 43.0 Å². The molecule has 0 spiro atoms. The lowest BCUT2D eigenvalue weighted by Gasteiger charge is -2.26. The monoisotopic (exact) mass is 265 g/mol. The topological polar surface area (TPSA) is 41.3 Å². The van der Waals surface area contributed by atoms with Crippen LogP contribution in [0.25, 0.3) is 0 Å². The predicted molar refractivity (Wildman–Crippen MR) is 77.1 cm³/mol. The Balaban J connectivity index is 1.84. The molecule has 1 N–H and O–H groups in total. The predicted octanol–water partition coefficient (Wildman–Crippen LogP) is 2.40. The second kappa shape index (κ2) is 6.06. The molecule has 0 aromatic carbocycles. The zero-order valence-electron chi connectivity index (χ0n) is 12.7. The van der Waals surface area contributed by atoms with Gasteiger partial charge in [0.15, 0.2) is 0 Å². The van der Waals surface area contributed by atoms with Crippen molar-refractivity contribution in [3.05, 3.63) is 17.8 Å². The molecule has 1 aliphatic rings. The van der Waals surface area contributed by atoms with E-state index in [4.69, 9.17) is 4.42 Å². The number of aromatic nitrogens is 1. The molecule has 1 fully saturated rings. The summed E-state index contributed by atoms with van der Waals surface area (Å²) in [5.41, 5.74) is 0.0388. The van der Waals surface area contributed by atoms with Crippen LogP contribution in [-0.2, 0) is 12.0 Å². The van der Waals surface area contributed by atoms with Crippen molar-refractivity contribution in [2.24, 2.45) is 5.92 Å². The van der Waals surface area contributed by atoms with Crippen molar-refractivity contribution in [1.29, 1.82) is 0 Å². The number of nitrogens with zero attached hydrogens (tertiary/aromatic N) is 2. The van der Waals surface area contributed by atoms with E-state index in [1.54, 1.807) is 0 Å². The Morgan fingerprint density at radius 3 is 2.84 bits per heavy atom. The summed E-state index contributed by atoms with van der Waals surface area (Å²) in [6.45, 7) is 10.7. The number of hydrogen-bond donors (Lipinski definition) is 1. The molecule has 0 radical (unpaired) electrons. The summed E-state index contributed by atoms with van der Waals surface area (Å²) >= 11 is 0. The van der Waals surface area contributed by atoms with Crippen molar-refractivity contribution < 1.29 is 4.42 Å². The van der Waals surface area contributed by atoms with E-state index in [1.807, 2.05) is 6.20 Å². The Bertz CT molecular complexity index is 388. The van der Waals surface area contributed by atoms with E-state index < -0.39 is 0 Å². The molecule has 1 aromatic rings. The summed E-state index contributed by atoms with van der Waals surface area (Å²) in [7, 11) is 2.15. The molecular formula is C15H27N3O. The summed E-state index contributed by atoms with van der Waals surface area (Å²) in [6, 6.07) is 0. The largest absolute Gasteiger partial charge is 0.444 e. The lowest BCUT2D eigenvalue weighted by atomic mass is 9.94. The SMILES string of the molecule is CN(Cc1ncc(C(C)(C)C)o1)CC1CCCNC1. The van der Waals surface area contributed by atoms with Crippen LogP contribution in [0.5, 0.6) is 0 Å². The van der Waals surface area contributed by atoms with Crippen molar-refractivity contribution in [1.82, 2.24) is 15.2 Å². The molecule has 1 unspecified atom stereocenters. The normalized spacial score (nSPS) is 21.0. The first kappa shape index (κ1) is 14.5. The molecule has 4 nitrogen and oxygen atoms in total. The van der Waals surface area contributed by atoms with Crippen LogP contribution in [0.1, 0.15) is 45.3 Å². The van der Waals surface area contributed by atoms with Crippen molar-refractivity contribution in [2.45, 2.75) is 45.6 Å². The van der Waals surface area contributed by atoms with Crippen molar-refractivity contribution in [3.63, 3.8) is 0 Å². The van der Waals surface area contributed by atoms with Crippen LogP contribution in [0.15, 0.2) is 10.6 Å². The Labute approximate surface area is 116 Å². The summed E-state index contributed by atoms with van der Waals surface area (Å²) in [5.74, 6) is 2.56. The molecule has 0 saturated carbocycles. The van der Waals surface area contributed by atoms with Crippen LogP contribution in [0.4, 0.5) is 0 Å². The maximum Gasteiger partial charge on any atom is 0.208 e. The van der Waals surface area contributed by atoms with Crippen molar-refractivity contribution >= 4 is 0 Å². The molecule has 0 bridgehead atoms. The fraction of sp³-hybridized carbons (Fsp3) is 0.800. The molecule has 1 atom stereocenters. The third kappa shape index (κ3) is 4.32. The van der Waals surface area contributed by atoms with E-state index in [1.165, 1.54) is 19.4 Å². The van der Waals surface area contributed by atoms with E-state index in [0.29, 0.717) is 0 Å². The molecule has 0 aliphatic carbocycles. The minimum Gasteiger partial charge on any atom is -0.444 e. The van der Waals surface area contributed by atoms with Gasteiger partial charge in [0.1, 0.15) is 5.76 Å². The van der Waals surface area contributed by atoms with Crippen LogP contribution in [0.3, 0.4) is 0 Å². The first-order valence-electron chi connectivity index (χ1n) is 7.29. The fourth-order valence-corrected chi connectivity index (χ4v) is 2.55. The molecular weight excluding hydrogens is 238 g/mol. The molecule has 2 heterocycles. The summed E-state index contributed by atoms with van der Waals surface area (Å²) < 4.78 is 5.84. The number of hydrogen-bond acceptors (Lipinski definition) is 4. The van der Waals surface area contributed by atoms with Crippen molar-refractivity contribution in [2.75, 3.05) is 26.7 Å². The van der Waals surface area contributed by atoms with Gasteiger partial charge in [0.2, 0.25) is 5.89 Å². The molecule has 19 heavy (non-hydrogen) atoms. The number of piperidine rings is 1. The van der Waals surface area contributed by atoms with Gasteiger partial charge in [-0.2, -0.15) is 0 Å². The van der Waals surface area contributed by atoms with Gasteiger partial charge >= 0.3 is 0 Å². The minimum absolute atomic E-state index is 0.0388. The van der Waals surface area contributed by atoms with Crippen LogP contribution in [0.2, 0.25) is 0 Å². The molecule has 0 amide bonds. The van der Waals surface area contributed by atoms with E-state index >= 15 is 0 Å². The number of rotatable bonds is 4. The Kier molecular flexibility index (Phi) is 4.63. The molecule has 4 heteroatoms. The van der Waals surface area contributed by atoms with Crippen LogP contribution < -0.4 is 5.32 Å². The average molecular weight is 265 g/mol. The number of oxazole rings is 1. The standard InChI is InChI=1S/C15H27N3O/c1-15(2,3)13-9-17-14(19-13)11-18(4)10-12-6-5-7-16-8-12/h9,12,16H,5-8,10-11H2,1-4H3. The molecule has 108 valence electrons. The van der Waals surface area contributed by atoms with Crippen molar-refractivity contribution in [3.8, 4) is 0 Å². The third-order valence-corrected chi connectivity index (χ3v) is 3.67. The Morgan fingerprint density at radius 2 is 2.26 bits per heavy atom. The Hall–Kier alpha value is -0.870. The average Bonchev–Trinajstić information content (AvgIpc) is 2.78. The quantitative estimate of drug-likeness (QED) is 0.907. The molecule has 2 rings (SSSR count). The fourth-order valence-electron chi connectivity index (χ4n) is 2.55. The lowest BCUT2D eigenvalue weighted by Crippen LogP contribution is -2.36. The van der Waals surface area contributed by atoms with Gasteiger partial charge in [-0.05, 0) is 38.9 Å². The Morgan fingerprint density at radius 1 is 1.47 bits per heavy atom. The van der Waals surface area contributed by atoms with Crippen LogP contribution >= 0.6 is 0 Å². The molecule has 1 aromatic heterocycles. The lowest BCUT2D eigenvalue weighted by molar-refractivity contribution is 0.217. The summed E-state index contributed by atoms with van der Waals surface area (Å²) in [5, 5.41) is 3.46. The van der Waals surface area contributed by atoms with Gasteiger partial charge in [-0.25, -0.2) is 4.98 Å². The maximum absolute atomic E-state index is 5.84. The van der Waals surface area contributed by atoms with Gasteiger partial charge in [-0.3, -0.25) is 4.90 Å². The summed E-state index contributed by atoms with van der Waals surface area (Å²) in [4.78, 5) is 6.71. The van der Waals surface area contributed by atoms with Gasteiger partial charge in [-0.15, -0.1) is 0 Å². The van der Waals surface area contributed by atoms with Gasteiger partial charge in [0.25, 0.3) is 0 Å². The highest BCUT2D eigenvalue weighted by Gasteiger charge is 2.20. The smallest absolute Gasteiger partial charge is 0.208 e. The second-order valence-electron chi connectivity index (χ2n) is 6.78. The molecule has 1 saturated heterocycles. The van der Waals surface area contributed by atoms with Crippen LogP contribution in [-0.4, -0.2) is 36.6 Å². The molecule has 1 aliphatic heterocycles. The minimum atomic E-state index is 0.0388. The van der Waals surface area contributed by atoms with Gasteiger partial charge in [0.05, 0.1) is 12.7 Å². The van der Waals surface area contributed by atoms with E-state index in [0.717, 1.165) is 37.2 Å². The summed E-state index contributed by atoms with van der Waals surface area (Å²) in [6.07, 6.45) is 4.49. The highest BCUT2D eigenvalue weighted by molar-refractivity contribution is 5.05. The van der Waals surface area contributed by atoms with Crippen LogP contribution in [0, 0.1) is 5.92 Å². The highest BCUT2D eigenvalue weighted by Crippen LogP contribution is 2.23. The van der Waals surface area contributed by atoms with E-state index in [9.17, 15) is 0 Å². The third-order valence-electron chi connectivity index (χ3n) is 3.67. The first-order valence-corrected chi connectivity index (χ1v) is 7.29. The highest BCUT2D eigenvalue weighted by atomic mass is 16.4. The second-order valence-corrected chi connectivity index (χ2v) is 6.78. The zero-order chi connectivity index (χ0) is 13.9. The van der Waals surface area contributed by atoms with Gasteiger partial charge < -0.3 is 9.73 Å². The van der Waals surface area contributed by atoms with Gasteiger partial charge in [0, 0.05) is 12.0 Å². The number of nitrogens with one attached hydrogen (secondary N) is 1. The zero-order valence-corrected chi connectivity index (χ0v) is 12.7. The first-order chi connectivity index (χ1) is 8.95. The maximum atomic E-state index is 5.84.